The molecule has 0 bridgehead atoms. The van der Waals surface area contributed by atoms with Crippen LogP contribution in [0.2, 0.25) is 0 Å². The maximum absolute atomic E-state index is 11.0. The second-order valence-corrected chi connectivity index (χ2v) is 3.87. The lowest BCUT2D eigenvalue weighted by molar-refractivity contribution is -0.117. The predicted molar refractivity (Wildman–Crippen MR) is 62.4 cm³/mol. The highest BCUT2D eigenvalue weighted by molar-refractivity contribution is 5.79. The molecule has 0 aromatic heterocycles. The highest BCUT2D eigenvalue weighted by Crippen LogP contribution is 2.21. The van der Waals surface area contributed by atoms with E-state index in [1.54, 1.807) is 0 Å². The Morgan fingerprint density at radius 2 is 2.00 bits per heavy atom. The third kappa shape index (κ3) is 2.52. The predicted octanol–water partition coefficient (Wildman–Crippen LogP) is 0.551. The van der Waals surface area contributed by atoms with E-state index in [9.17, 15) is 4.79 Å². The Morgan fingerprint density at radius 1 is 1.31 bits per heavy atom. The fourth-order valence-corrected chi connectivity index (χ4v) is 1.96. The molecule has 1 heterocycles. The summed E-state index contributed by atoms with van der Waals surface area (Å²) in [6.45, 7) is 3.22. The van der Waals surface area contributed by atoms with Crippen molar-refractivity contribution in [3.05, 3.63) is 29.8 Å². The van der Waals surface area contributed by atoms with Crippen molar-refractivity contribution >= 4 is 11.6 Å². The number of morpholine rings is 1. The zero-order chi connectivity index (χ0) is 11.4. The van der Waals surface area contributed by atoms with Gasteiger partial charge in [-0.1, -0.05) is 18.2 Å². The molecule has 0 saturated carbocycles. The van der Waals surface area contributed by atoms with Gasteiger partial charge in [-0.05, 0) is 11.6 Å². The third-order valence-corrected chi connectivity index (χ3v) is 2.71. The number of rotatable bonds is 3. The minimum Gasteiger partial charge on any atom is -0.378 e. The van der Waals surface area contributed by atoms with Crippen LogP contribution in [0.4, 0.5) is 5.69 Å². The highest BCUT2D eigenvalue weighted by Gasteiger charge is 2.14. The van der Waals surface area contributed by atoms with Crippen LogP contribution < -0.4 is 10.6 Å². The first-order chi connectivity index (χ1) is 7.77. The number of carbonyl (C=O) groups excluding carboxylic acids is 1. The summed E-state index contributed by atoms with van der Waals surface area (Å²) in [6, 6.07) is 7.90. The van der Waals surface area contributed by atoms with Crippen LogP contribution in [0.3, 0.4) is 0 Å². The Bertz CT molecular complexity index is 373. The molecule has 1 aromatic carbocycles. The largest absolute Gasteiger partial charge is 0.378 e. The summed E-state index contributed by atoms with van der Waals surface area (Å²) in [5, 5.41) is 0. The van der Waals surface area contributed by atoms with Gasteiger partial charge in [-0.2, -0.15) is 0 Å². The molecule has 1 aromatic rings. The molecule has 0 spiro atoms. The number of ether oxygens (including phenoxy) is 1. The van der Waals surface area contributed by atoms with E-state index in [0.717, 1.165) is 37.6 Å². The summed E-state index contributed by atoms with van der Waals surface area (Å²) >= 11 is 0. The lowest BCUT2D eigenvalue weighted by Crippen LogP contribution is -2.37. The molecular formula is C12H16N2O2. The second-order valence-electron chi connectivity index (χ2n) is 3.87. The van der Waals surface area contributed by atoms with Gasteiger partial charge in [0.05, 0.1) is 19.6 Å². The summed E-state index contributed by atoms with van der Waals surface area (Å²) in [5.74, 6) is -0.291. The quantitative estimate of drug-likeness (QED) is 0.809. The summed E-state index contributed by atoms with van der Waals surface area (Å²) in [6.07, 6.45) is 0.299. The molecule has 1 saturated heterocycles. The normalized spacial score (nSPS) is 16.1. The van der Waals surface area contributed by atoms with Gasteiger partial charge in [0.1, 0.15) is 0 Å². The summed E-state index contributed by atoms with van der Waals surface area (Å²) in [7, 11) is 0. The van der Waals surface area contributed by atoms with Crippen LogP contribution in [0.1, 0.15) is 5.56 Å². The zero-order valence-corrected chi connectivity index (χ0v) is 9.19. The number of benzene rings is 1. The maximum Gasteiger partial charge on any atom is 0.221 e. The van der Waals surface area contributed by atoms with Crippen LogP contribution in [0, 0.1) is 0 Å². The first kappa shape index (κ1) is 11.0. The van der Waals surface area contributed by atoms with E-state index in [4.69, 9.17) is 10.5 Å². The van der Waals surface area contributed by atoms with Gasteiger partial charge < -0.3 is 15.4 Å². The van der Waals surface area contributed by atoms with E-state index in [-0.39, 0.29) is 5.91 Å². The smallest absolute Gasteiger partial charge is 0.221 e. The number of nitrogens with zero attached hydrogens (tertiary/aromatic N) is 1. The van der Waals surface area contributed by atoms with Crippen LogP contribution >= 0.6 is 0 Å². The summed E-state index contributed by atoms with van der Waals surface area (Å²) < 4.78 is 5.31. The molecule has 1 amide bonds. The lowest BCUT2D eigenvalue weighted by Gasteiger charge is -2.30. The number of hydrogen-bond acceptors (Lipinski definition) is 3. The number of amides is 1. The fraction of sp³-hybridized carbons (Fsp3) is 0.417. The van der Waals surface area contributed by atoms with Crippen LogP contribution in [-0.2, 0) is 16.0 Å². The standard InChI is InChI=1S/C12H16N2O2/c13-12(15)9-10-3-1-2-4-11(10)14-5-7-16-8-6-14/h1-4H,5-9H2,(H2,13,15). The fourth-order valence-electron chi connectivity index (χ4n) is 1.96. The SMILES string of the molecule is NC(=O)Cc1ccccc1N1CCOCC1. The van der Waals surface area contributed by atoms with Gasteiger partial charge in [-0.25, -0.2) is 0 Å². The molecular weight excluding hydrogens is 204 g/mol. The Hall–Kier alpha value is -1.55. The second kappa shape index (κ2) is 4.99. The average Bonchev–Trinajstić information content (AvgIpc) is 2.30. The van der Waals surface area contributed by atoms with Crippen molar-refractivity contribution < 1.29 is 9.53 Å². The van der Waals surface area contributed by atoms with E-state index < -0.39 is 0 Å². The number of primary amides is 1. The Kier molecular flexibility index (Phi) is 3.41. The molecule has 86 valence electrons. The van der Waals surface area contributed by atoms with Crippen molar-refractivity contribution in [2.45, 2.75) is 6.42 Å². The summed E-state index contributed by atoms with van der Waals surface area (Å²) in [5.41, 5.74) is 7.34. The maximum atomic E-state index is 11.0. The van der Waals surface area contributed by atoms with Gasteiger partial charge in [-0.3, -0.25) is 4.79 Å². The van der Waals surface area contributed by atoms with Crippen molar-refractivity contribution in [1.82, 2.24) is 0 Å². The van der Waals surface area contributed by atoms with Crippen LogP contribution in [0.25, 0.3) is 0 Å². The van der Waals surface area contributed by atoms with E-state index >= 15 is 0 Å². The third-order valence-electron chi connectivity index (χ3n) is 2.71. The molecule has 2 N–H and O–H groups in total. The average molecular weight is 220 g/mol. The zero-order valence-electron chi connectivity index (χ0n) is 9.19. The number of para-hydroxylation sites is 1. The highest BCUT2D eigenvalue weighted by atomic mass is 16.5. The molecule has 16 heavy (non-hydrogen) atoms. The summed E-state index contributed by atoms with van der Waals surface area (Å²) in [4.78, 5) is 13.2. The minimum atomic E-state index is -0.291. The monoisotopic (exact) mass is 220 g/mol. The number of nitrogens with two attached hydrogens (primary N) is 1. The first-order valence-electron chi connectivity index (χ1n) is 5.46. The van der Waals surface area contributed by atoms with Crippen molar-refractivity contribution in [2.75, 3.05) is 31.2 Å². The van der Waals surface area contributed by atoms with E-state index in [2.05, 4.69) is 4.90 Å². The molecule has 1 fully saturated rings. The lowest BCUT2D eigenvalue weighted by atomic mass is 10.1. The van der Waals surface area contributed by atoms with Crippen LogP contribution in [-0.4, -0.2) is 32.2 Å². The Balaban J connectivity index is 2.20. The minimum absolute atomic E-state index is 0.291. The van der Waals surface area contributed by atoms with E-state index in [1.165, 1.54) is 0 Å². The van der Waals surface area contributed by atoms with Gasteiger partial charge in [0, 0.05) is 18.8 Å². The van der Waals surface area contributed by atoms with Gasteiger partial charge >= 0.3 is 0 Å². The number of hydrogen-bond donors (Lipinski definition) is 1. The van der Waals surface area contributed by atoms with Crippen molar-refractivity contribution in [2.24, 2.45) is 5.73 Å². The Morgan fingerprint density at radius 3 is 2.69 bits per heavy atom. The molecule has 4 nitrogen and oxygen atoms in total. The molecule has 0 unspecified atom stereocenters. The van der Waals surface area contributed by atoms with E-state index in [1.807, 2.05) is 24.3 Å². The van der Waals surface area contributed by atoms with Gasteiger partial charge in [0.25, 0.3) is 0 Å². The van der Waals surface area contributed by atoms with Crippen molar-refractivity contribution in [1.29, 1.82) is 0 Å². The molecule has 4 heteroatoms. The molecule has 1 aliphatic heterocycles. The van der Waals surface area contributed by atoms with Gasteiger partial charge in [0.2, 0.25) is 5.91 Å². The Labute approximate surface area is 95.0 Å². The van der Waals surface area contributed by atoms with Crippen molar-refractivity contribution in [3.63, 3.8) is 0 Å². The van der Waals surface area contributed by atoms with Crippen molar-refractivity contribution in [3.8, 4) is 0 Å². The first-order valence-corrected chi connectivity index (χ1v) is 5.46. The number of carbonyl (C=O) groups is 1. The number of anilines is 1. The van der Waals surface area contributed by atoms with Gasteiger partial charge in [0.15, 0.2) is 0 Å². The topological polar surface area (TPSA) is 55.6 Å². The molecule has 0 atom stereocenters. The molecule has 0 radical (unpaired) electrons. The van der Waals surface area contributed by atoms with E-state index in [0.29, 0.717) is 6.42 Å². The van der Waals surface area contributed by atoms with Gasteiger partial charge in [-0.15, -0.1) is 0 Å². The molecule has 0 aliphatic carbocycles. The van der Waals surface area contributed by atoms with Crippen LogP contribution in [0.5, 0.6) is 0 Å². The molecule has 1 aliphatic rings. The van der Waals surface area contributed by atoms with Crippen LogP contribution in [0.15, 0.2) is 24.3 Å². The molecule has 2 rings (SSSR count).